The van der Waals surface area contributed by atoms with Crippen LogP contribution in [-0.4, -0.2) is 28.8 Å². The average Bonchev–Trinajstić information content (AvgIpc) is 2.85. The summed E-state index contributed by atoms with van der Waals surface area (Å²) in [5, 5.41) is 3.76. The van der Waals surface area contributed by atoms with Gasteiger partial charge in [0.1, 0.15) is 11.4 Å². The maximum Gasteiger partial charge on any atom is 0.243 e. The van der Waals surface area contributed by atoms with Gasteiger partial charge in [0.2, 0.25) is 11.8 Å². The van der Waals surface area contributed by atoms with E-state index in [9.17, 15) is 4.39 Å². The summed E-state index contributed by atoms with van der Waals surface area (Å²) in [6, 6.07) is 10.2. The Morgan fingerprint density at radius 3 is 2.40 bits per heavy atom. The second kappa shape index (κ2) is 4.80. The van der Waals surface area contributed by atoms with Crippen molar-refractivity contribution in [3.8, 4) is 22.9 Å². The number of nitrogens with zero attached hydrogens (tertiary/aromatic N) is 3. The molecule has 5 nitrogen and oxygen atoms in total. The maximum atomic E-state index is 13.2. The Bertz CT molecular complexity index is 753. The number of imidazole rings is 1. The van der Waals surface area contributed by atoms with Gasteiger partial charge < -0.3 is 9.47 Å². The first kappa shape index (κ1) is 12.4. The third-order valence-electron chi connectivity index (χ3n) is 2.96. The van der Waals surface area contributed by atoms with Crippen LogP contribution in [0.1, 0.15) is 0 Å². The highest BCUT2D eigenvalue weighted by atomic mass is 19.1. The molecular weight excluding hydrogens is 261 g/mol. The molecule has 0 radical (unpaired) electrons. The van der Waals surface area contributed by atoms with Crippen molar-refractivity contribution in [2.45, 2.75) is 0 Å². The highest BCUT2D eigenvalue weighted by molar-refractivity contribution is 5.69. The van der Waals surface area contributed by atoms with E-state index in [0.29, 0.717) is 17.2 Å². The summed E-state index contributed by atoms with van der Waals surface area (Å²) < 4.78 is 25.0. The lowest BCUT2D eigenvalue weighted by Crippen LogP contribution is -1.97. The van der Waals surface area contributed by atoms with E-state index in [0.717, 1.165) is 11.3 Å². The minimum atomic E-state index is -0.588. The molecule has 0 atom stereocenters. The number of ether oxygens (including phenoxy) is 2. The number of benzene rings is 1. The summed E-state index contributed by atoms with van der Waals surface area (Å²) in [7, 11) is 3.11. The summed E-state index contributed by atoms with van der Waals surface area (Å²) in [6.07, 6.45) is 0. The molecule has 0 unspecified atom stereocenters. The first-order chi connectivity index (χ1) is 9.72. The standard InChI is InChI=1S/C14H12FN3O2/c1-19-10-5-3-9(4-6-10)13-14(20-2)18-12(16-13)8-7-11(15)17-18/h3-8H,1-2H3. The van der Waals surface area contributed by atoms with Gasteiger partial charge in [0.05, 0.1) is 14.2 Å². The third-order valence-corrected chi connectivity index (χ3v) is 2.96. The van der Waals surface area contributed by atoms with Crippen LogP contribution in [0, 0.1) is 5.95 Å². The fourth-order valence-corrected chi connectivity index (χ4v) is 2.01. The van der Waals surface area contributed by atoms with Crippen LogP contribution in [-0.2, 0) is 0 Å². The van der Waals surface area contributed by atoms with Gasteiger partial charge in [-0.15, -0.1) is 5.10 Å². The van der Waals surface area contributed by atoms with Crippen LogP contribution in [0.25, 0.3) is 16.9 Å². The van der Waals surface area contributed by atoms with Crippen LogP contribution >= 0.6 is 0 Å². The average molecular weight is 273 g/mol. The van der Waals surface area contributed by atoms with Gasteiger partial charge in [-0.05, 0) is 36.4 Å². The molecule has 0 aliphatic rings. The van der Waals surface area contributed by atoms with Gasteiger partial charge >= 0.3 is 0 Å². The van der Waals surface area contributed by atoms with Gasteiger partial charge in [0, 0.05) is 5.56 Å². The van der Waals surface area contributed by atoms with Gasteiger partial charge in [-0.2, -0.15) is 8.91 Å². The van der Waals surface area contributed by atoms with Crippen LogP contribution in [0.4, 0.5) is 4.39 Å². The summed E-state index contributed by atoms with van der Waals surface area (Å²) in [4.78, 5) is 4.42. The molecule has 2 aromatic heterocycles. The third kappa shape index (κ3) is 1.95. The van der Waals surface area contributed by atoms with Crippen molar-refractivity contribution in [2.75, 3.05) is 14.2 Å². The Morgan fingerprint density at radius 1 is 1.00 bits per heavy atom. The zero-order chi connectivity index (χ0) is 14.1. The van der Waals surface area contributed by atoms with Gasteiger partial charge in [0.25, 0.3) is 0 Å². The summed E-state index contributed by atoms with van der Waals surface area (Å²) in [5.41, 5.74) is 1.97. The normalized spacial score (nSPS) is 10.8. The number of methoxy groups -OCH3 is 2. The highest BCUT2D eigenvalue weighted by Crippen LogP contribution is 2.30. The number of fused-ring (bicyclic) bond motifs is 1. The fourth-order valence-electron chi connectivity index (χ4n) is 2.01. The molecule has 3 aromatic rings. The van der Waals surface area contributed by atoms with Crippen LogP contribution in [0.2, 0.25) is 0 Å². The number of hydrogen-bond donors (Lipinski definition) is 0. The quantitative estimate of drug-likeness (QED) is 0.736. The van der Waals surface area contributed by atoms with Crippen LogP contribution in [0.5, 0.6) is 11.6 Å². The van der Waals surface area contributed by atoms with Crippen molar-refractivity contribution in [3.63, 3.8) is 0 Å². The molecule has 0 fully saturated rings. The largest absolute Gasteiger partial charge is 0.497 e. The molecule has 0 amide bonds. The summed E-state index contributed by atoms with van der Waals surface area (Å²) in [6.45, 7) is 0. The van der Waals surface area contributed by atoms with E-state index in [4.69, 9.17) is 9.47 Å². The molecular formula is C14H12FN3O2. The number of rotatable bonds is 3. The van der Waals surface area contributed by atoms with Crippen LogP contribution in [0.3, 0.4) is 0 Å². The smallest absolute Gasteiger partial charge is 0.243 e. The van der Waals surface area contributed by atoms with Gasteiger partial charge in [0.15, 0.2) is 5.65 Å². The Kier molecular flexibility index (Phi) is 2.98. The van der Waals surface area contributed by atoms with Crippen molar-refractivity contribution < 1.29 is 13.9 Å². The first-order valence-electron chi connectivity index (χ1n) is 5.96. The molecule has 6 heteroatoms. The van der Waals surface area contributed by atoms with Crippen molar-refractivity contribution >= 4 is 5.65 Å². The lowest BCUT2D eigenvalue weighted by atomic mass is 10.1. The van der Waals surface area contributed by atoms with E-state index in [1.807, 2.05) is 24.3 Å². The van der Waals surface area contributed by atoms with E-state index >= 15 is 0 Å². The molecule has 0 N–H and O–H groups in total. The van der Waals surface area contributed by atoms with Gasteiger partial charge in [-0.3, -0.25) is 0 Å². The highest BCUT2D eigenvalue weighted by Gasteiger charge is 2.16. The summed E-state index contributed by atoms with van der Waals surface area (Å²) in [5.74, 6) is 0.555. The SMILES string of the molecule is COc1ccc(-c2nc3ccc(F)nn3c2OC)cc1. The van der Waals surface area contributed by atoms with Crippen molar-refractivity contribution in [2.24, 2.45) is 0 Å². The van der Waals surface area contributed by atoms with E-state index in [-0.39, 0.29) is 0 Å². The van der Waals surface area contributed by atoms with E-state index < -0.39 is 5.95 Å². The Labute approximate surface area is 114 Å². The Balaban J connectivity index is 2.19. The monoisotopic (exact) mass is 273 g/mol. The van der Waals surface area contributed by atoms with E-state index in [1.165, 1.54) is 17.7 Å². The molecule has 3 rings (SSSR count). The molecule has 20 heavy (non-hydrogen) atoms. The number of hydrogen-bond acceptors (Lipinski definition) is 4. The Hall–Kier alpha value is -2.63. The molecule has 1 aromatic carbocycles. The molecule has 102 valence electrons. The molecule has 0 spiro atoms. The lowest BCUT2D eigenvalue weighted by Gasteiger charge is -2.03. The minimum absolute atomic E-state index is 0.393. The first-order valence-corrected chi connectivity index (χ1v) is 5.96. The van der Waals surface area contributed by atoms with Crippen molar-refractivity contribution in [1.29, 1.82) is 0 Å². The molecule has 0 saturated heterocycles. The van der Waals surface area contributed by atoms with E-state index in [1.54, 1.807) is 13.2 Å². The lowest BCUT2D eigenvalue weighted by molar-refractivity contribution is 0.384. The molecule has 0 aliphatic heterocycles. The molecule has 0 aliphatic carbocycles. The predicted octanol–water partition coefficient (Wildman–Crippen LogP) is 2.55. The van der Waals surface area contributed by atoms with Gasteiger partial charge in [-0.1, -0.05) is 0 Å². The molecule has 0 saturated carbocycles. The fraction of sp³-hybridized carbons (Fsp3) is 0.143. The van der Waals surface area contributed by atoms with Crippen LogP contribution in [0.15, 0.2) is 36.4 Å². The van der Waals surface area contributed by atoms with E-state index in [2.05, 4.69) is 10.1 Å². The Morgan fingerprint density at radius 2 is 1.75 bits per heavy atom. The molecule has 2 heterocycles. The topological polar surface area (TPSA) is 48.7 Å². The summed E-state index contributed by atoms with van der Waals surface area (Å²) >= 11 is 0. The maximum absolute atomic E-state index is 13.2. The van der Waals surface area contributed by atoms with Crippen molar-refractivity contribution in [1.82, 2.24) is 14.6 Å². The second-order valence-electron chi connectivity index (χ2n) is 4.12. The minimum Gasteiger partial charge on any atom is -0.497 e. The zero-order valence-electron chi connectivity index (χ0n) is 11.0. The van der Waals surface area contributed by atoms with Crippen LogP contribution < -0.4 is 9.47 Å². The zero-order valence-corrected chi connectivity index (χ0v) is 11.0. The number of halogens is 1. The predicted molar refractivity (Wildman–Crippen MR) is 71.5 cm³/mol. The van der Waals surface area contributed by atoms with Gasteiger partial charge in [-0.25, -0.2) is 4.98 Å². The van der Waals surface area contributed by atoms with Crippen molar-refractivity contribution in [3.05, 3.63) is 42.3 Å². The second-order valence-corrected chi connectivity index (χ2v) is 4.12. The number of aromatic nitrogens is 3. The molecule has 0 bridgehead atoms.